The van der Waals surface area contributed by atoms with Crippen LogP contribution < -0.4 is 0 Å². The van der Waals surface area contributed by atoms with E-state index in [-0.39, 0.29) is 36.1 Å². The number of alkyl halides is 6. The molecule has 1 N–H and O–H groups in total. The zero-order valence-corrected chi connectivity index (χ0v) is 23.2. The van der Waals surface area contributed by atoms with Crippen LogP contribution >= 0.6 is 0 Å². The van der Waals surface area contributed by atoms with Gasteiger partial charge in [-0.1, -0.05) is 26.0 Å². The van der Waals surface area contributed by atoms with Crippen LogP contribution in [0.4, 0.5) is 31.1 Å². The SMILES string of the molecule is COC12CC1C=C(CO)C=C2C1=C(CN2C(=O)OC(c3cc(C(F)(F)F)cc(C(F)(F)F)c3)C2C)CC(C)(C)CC1. The third kappa shape index (κ3) is 5.43. The number of fused-ring (bicyclic) bond motifs is 1. The van der Waals surface area contributed by atoms with Crippen LogP contribution in [-0.2, 0) is 21.8 Å². The minimum Gasteiger partial charge on any atom is -0.439 e. The van der Waals surface area contributed by atoms with Gasteiger partial charge in [0.25, 0.3) is 0 Å². The topological polar surface area (TPSA) is 59.0 Å². The Kier molecular flexibility index (Phi) is 7.17. The van der Waals surface area contributed by atoms with Crippen molar-refractivity contribution in [2.75, 3.05) is 20.3 Å². The zero-order chi connectivity index (χ0) is 30.1. The Morgan fingerprint density at radius 1 is 1.10 bits per heavy atom. The third-order valence-corrected chi connectivity index (χ3v) is 8.90. The molecular formula is C30H33F6NO4. The highest BCUT2D eigenvalue weighted by Gasteiger charge is 2.59. The van der Waals surface area contributed by atoms with Gasteiger partial charge in [0.05, 0.1) is 23.8 Å². The average molecular weight is 586 g/mol. The van der Waals surface area contributed by atoms with Crippen LogP contribution in [-0.4, -0.2) is 48.0 Å². The largest absolute Gasteiger partial charge is 0.439 e. The van der Waals surface area contributed by atoms with Crippen LogP contribution in [0.5, 0.6) is 0 Å². The molecule has 0 bridgehead atoms. The lowest BCUT2D eigenvalue weighted by Crippen LogP contribution is -2.37. The van der Waals surface area contributed by atoms with Crippen molar-refractivity contribution in [3.05, 3.63) is 69.3 Å². The van der Waals surface area contributed by atoms with Crippen molar-refractivity contribution >= 4 is 6.09 Å². The first-order chi connectivity index (χ1) is 19.0. The molecule has 11 heteroatoms. The molecule has 1 aromatic rings. The molecule has 4 unspecified atom stereocenters. The molecule has 4 aliphatic rings. The summed E-state index contributed by atoms with van der Waals surface area (Å²) < 4.78 is 92.4. The number of halogens is 6. The molecular weight excluding hydrogens is 552 g/mol. The van der Waals surface area contributed by atoms with Crippen LogP contribution in [0, 0.1) is 11.3 Å². The second-order valence-electron chi connectivity index (χ2n) is 12.3. The molecule has 0 aromatic heterocycles. The fraction of sp³-hybridized carbons (Fsp3) is 0.567. The maximum Gasteiger partial charge on any atom is 0.416 e. The average Bonchev–Trinajstić information content (AvgIpc) is 3.55. The summed E-state index contributed by atoms with van der Waals surface area (Å²) >= 11 is 0. The molecule has 1 saturated heterocycles. The molecule has 0 radical (unpaired) electrons. The van der Waals surface area contributed by atoms with Crippen molar-refractivity contribution in [1.29, 1.82) is 0 Å². The molecule has 4 atom stereocenters. The number of rotatable bonds is 6. The molecule has 5 rings (SSSR count). The first-order valence-electron chi connectivity index (χ1n) is 13.6. The number of amides is 1. The summed E-state index contributed by atoms with van der Waals surface area (Å²) in [6.45, 7) is 5.78. The van der Waals surface area contributed by atoms with Crippen molar-refractivity contribution in [3.8, 4) is 0 Å². The van der Waals surface area contributed by atoms with Crippen molar-refractivity contribution in [2.24, 2.45) is 11.3 Å². The van der Waals surface area contributed by atoms with Crippen LogP contribution in [0.15, 0.2) is 52.6 Å². The third-order valence-electron chi connectivity index (χ3n) is 8.90. The van der Waals surface area contributed by atoms with Crippen molar-refractivity contribution < 1.29 is 45.7 Å². The maximum absolute atomic E-state index is 13.5. The molecule has 224 valence electrons. The first kappa shape index (κ1) is 29.7. The van der Waals surface area contributed by atoms with Crippen LogP contribution in [0.3, 0.4) is 0 Å². The number of carbonyl (C=O) groups excluding carboxylic acids is 1. The Morgan fingerprint density at radius 3 is 2.29 bits per heavy atom. The number of aliphatic hydroxyl groups excluding tert-OH is 1. The van der Waals surface area contributed by atoms with E-state index < -0.39 is 47.3 Å². The van der Waals surface area contributed by atoms with Crippen molar-refractivity contribution in [1.82, 2.24) is 4.90 Å². The summed E-state index contributed by atoms with van der Waals surface area (Å²) in [5.41, 5.74) is -0.160. The van der Waals surface area contributed by atoms with E-state index in [1.165, 1.54) is 4.90 Å². The summed E-state index contributed by atoms with van der Waals surface area (Å²) in [7, 11) is 1.65. The highest BCUT2D eigenvalue weighted by molar-refractivity contribution is 5.72. The molecule has 1 amide bonds. The molecule has 1 aromatic carbocycles. The van der Waals surface area contributed by atoms with Gasteiger partial charge in [-0.05, 0) is 84.1 Å². The molecule has 0 spiro atoms. The number of aliphatic hydroxyl groups is 1. The van der Waals surface area contributed by atoms with E-state index >= 15 is 0 Å². The smallest absolute Gasteiger partial charge is 0.416 e. The second kappa shape index (κ2) is 9.90. The Bertz CT molecular complexity index is 1310. The highest BCUT2D eigenvalue weighted by Crippen LogP contribution is 2.59. The minimum absolute atomic E-state index is 0.0632. The molecule has 1 heterocycles. The number of hydrogen-bond acceptors (Lipinski definition) is 4. The lowest BCUT2D eigenvalue weighted by molar-refractivity contribution is -0.143. The molecule has 41 heavy (non-hydrogen) atoms. The van der Waals surface area contributed by atoms with E-state index in [0.717, 1.165) is 35.1 Å². The van der Waals surface area contributed by atoms with Crippen LogP contribution in [0.2, 0.25) is 0 Å². The summed E-state index contributed by atoms with van der Waals surface area (Å²) in [6, 6.07) is 0.469. The van der Waals surface area contributed by atoms with Gasteiger partial charge in [0.2, 0.25) is 0 Å². The summed E-state index contributed by atoms with van der Waals surface area (Å²) in [5, 5.41) is 9.85. The van der Waals surface area contributed by atoms with E-state index in [9.17, 15) is 36.2 Å². The van der Waals surface area contributed by atoms with Crippen molar-refractivity contribution in [3.63, 3.8) is 0 Å². The first-order valence-corrected chi connectivity index (χ1v) is 13.6. The van der Waals surface area contributed by atoms with E-state index in [1.807, 2.05) is 12.2 Å². The van der Waals surface area contributed by atoms with Gasteiger partial charge in [0.1, 0.15) is 11.7 Å². The van der Waals surface area contributed by atoms with Gasteiger partial charge in [-0.3, -0.25) is 4.90 Å². The number of benzene rings is 1. The number of ether oxygens (including phenoxy) is 2. The molecule has 2 fully saturated rings. The van der Waals surface area contributed by atoms with Gasteiger partial charge < -0.3 is 14.6 Å². The summed E-state index contributed by atoms with van der Waals surface area (Å²) in [6.07, 6.45) is -5.22. The quantitative estimate of drug-likeness (QED) is 0.354. The van der Waals surface area contributed by atoms with Crippen LogP contribution in [0.1, 0.15) is 69.2 Å². The lowest BCUT2D eigenvalue weighted by atomic mass is 9.71. The number of methoxy groups -OCH3 is 1. The Labute approximate surface area is 234 Å². The Balaban J connectivity index is 1.51. The molecule has 5 nitrogen and oxygen atoms in total. The van der Waals surface area contributed by atoms with E-state index in [1.54, 1.807) is 14.0 Å². The van der Waals surface area contributed by atoms with E-state index in [2.05, 4.69) is 13.8 Å². The van der Waals surface area contributed by atoms with E-state index in [4.69, 9.17) is 9.47 Å². The number of cyclic esters (lactones) is 1. The Morgan fingerprint density at radius 2 is 1.73 bits per heavy atom. The fourth-order valence-corrected chi connectivity index (χ4v) is 6.57. The lowest BCUT2D eigenvalue weighted by Gasteiger charge is -2.38. The zero-order valence-electron chi connectivity index (χ0n) is 23.2. The molecule has 1 saturated carbocycles. The Hall–Kier alpha value is -2.79. The molecule has 1 aliphatic heterocycles. The molecule has 3 aliphatic carbocycles. The minimum atomic E-state index is -5.01. The predicted octanol–water partition coefficient (Wildman–Crippen LogP) is 7.38. The number of hydrogen-bond donors (Lipinski definition) is 1. The second-order valence-corrected chi connectivity index (χ2v) is 12.3. The number of carbonyl (C=O) groups is 1. The van der Waals surface area contributed by atoms with Gasteiger partial charge in [-0.15, -0.1) is 0 Å². The maximum atomic E-state index is 13.5. The van der Waals surface area contributed by atoms with Gasteiger partial charge in [-0.25, -0.2) is 4.79 Å². The predicted molar refractivity (Wildman–Crippen MR) is 138 cm³/mol. The summed E-state index contributed by atoms with van der Waals surface area (Å²) in [4.78, 5) is 14.5. The fourth-order valence-electron chi connectivity index (χ4n) is 6.57. The van der Waals surface area contributed by atoms with Gasteiger partial charge in [0.15, 0.2) is 0 Å². The monoisotopic (exact) mass is 585 g/mol. The standard InChI is InChI=1S/C30H33F6NO4/c1-16-25(18-9-20(29(31,32)33)11-21(10-18)30(34,35)36)41-26(39)37(16)14-19-12-27(2,3)6-5-23(19)24-8-17(15-38)7-22-13-28(22,24)40-4/h7-11,16,22,25,38H,5-6,12-15H2,1-4H3. The van der Waals surface area contributed by atoms with Gasteiger partial charge in [-0.2, -0.15) is 26.3 Å². The normalized spacial score (nSPS) is 29.7. The van der Waals surface area contributed by atoms with E-state index in [0.29, 0.717) is 25.0 Å². The van der Waals surface area contributed by atoms with Gasteiger partial charge >= 0.3 is 18.4 Å². The van der Waals surface area contributed by atoms with Crippen LogP contribution in [0.25, 0.3) is 0 Å². The number of nitrogens with zero attached hydrogens (tertiary/aromatic N) is 1. The van der Waals surface area contributed by atoms with Gasteiger partial charge in [0, 0.05) is 19.6 Å². The van der Waals surface area contributed by atoms with Crippen molar-refractivity contribution in [2.45, 2.75) is 76.6 Å². The highest BCUT2D eigenvalue weighted by atomic mass is 19.4. The summed E-state index contributed by atoms with van der Waals surface area (Å²) in [5.74, 6) is 0.127.